The summed E-state index contributed by atoms with van der Waals surface area (Å²) in [6.07, 6.45) is 0. The van der Waals surface area contributed by atoms with E-state index in [0.717, 1.165) is 0 Å². The number of rotatable bonds is 3. The molecule has 82 valence electrons. The standard InChI is InChI=1S/C10H13NO4/c1-5-6(4-11)3-7(10(13)14)8(12)9(5)15-2/h3,12H,4,11H2,1-2H3,(H,13,14). The van der Waals surface area contributed by atoms with Crippen molar-refractivity contribution in [2.75, 3.05) is 7.11 Å². The van der Waals surface area contributed by atoms with Gasteiger partial charge in [-0.25, -0.2) is 4.79 Å². The van der Waals surface area contributed by atoms with Gasteiger partial charge in [0, 0.05) is 6.54 Å². The number of nitrogens with two attached hydrogens (primary N) is 1. The SMILES string of the molecule is COc1c(C)c(CN)cc(C(=O)O)c1O. The first kappa shape index (κ1) is 11.3. The molecule has 0 saturated carbocycles. The molecule has 15 heavy (non-hydrogen) atoms. The molecule has 0 bridgehead atoms. The molecule has 0 spiro atoms. The lowest BCUT2D eigenvalue weighted by molar-refractivity contribution is 0.0693. The largest absolute Gasteiger partial charge is 0.504 e. The minimum atomic E-state index is -1.21. The average molecular weight is 211 g/mol. The predicted octanol–water partition coefficient (Wildman–Crippen LogP) is 0.866. The Labute approximate surface area is 87.1 Å². The van der Waals surface area contributed by atoms with Crippen molar-refractivity contribution in [3.05, 3.63) is 22.8 Å². The maximum atomic E-state index is 10.8. The molecule has 0 saturated heterocycles. The molecule has 1 rings (SSSR count). The molecule has 1 aromatic carbocycles. The van der Waals surface area contributed by atoms with Crippen LogP contribution in [0.15, 0.2) is 6.07 Å². The zero-order valence-corrected chi connectivity index (χ0v) is 8.57. The monoisotopic (exact) mass is 211 g/mol. The van der Waals surface area contributed by atoms with Crippen molar-refractivity contribution in [1.82, 2.24) is 0 Å². The van der Waals surface area contributed by atoms with Crippen LogP contribution in [0.5, 0.6) is 11.5 Å². The van der Waals surface area contributed by atoms with Crippen molar-refractivity contribution < 1.29 is 19.7 Å². The minimum Gasteiger partial charge on any atom is -0.504 e. The fourth-order valence-corrected chi connectivity index (χ4v) is 1.42. The zero-order chi connectivity index (χ0) is 11.6. The molecule has 0 heterocycles. The van der Waals surface area contributed by atoms with Crippen molar-refractivity contribution in [2.45, 2.75) is 13.5 Å². The highest BCUT2D eigenvalue weighted by molar-refractivity contribution is 5.92. The molecule has 0 radical (unpaired) electrons. The molecule has 0 unspecified atom stereocenters. The van der Waals surface area contributed by atoms with Crippen LogP contribution >= 0.6 is 0 Å². The summed E-state index contributed by atoms with van der Waals surface area (Å²) in [5.74, 6) is -1.41. The van der Waals surface area contributed by atoms with E-state index in [0.29, 0.717) is 11.1 Å². The molecule has 1 aromatic rings. The van der Waals surface area contributed by atoms with E-state index in [1.54, 1.807) is 6.92 Å². The number of aromatic hydroxyl groups is 1. The third kappa shape index (κ3) is 1.87. The molecule has 0 aliphatic rings. The van der Waals surface area contributed by atoms with E-state index < -0.39 is 5.97 Å². The van der Waals surface area contributed by atoms with Crippen LogP contribution in [-0.4, -0.2) is 23.3 Å². The third-order valence-corrected chi connectivity index (χ3v) is 2.27. The summed E-state index contributed by atoms with van der Waals surface area (Å²) in [5, 5.41) is 18.5. The summed E-state index contributed by atoms with van der Waals surface area (Å²) >= 11 is 0. The van der Waals surface area contributed by atoms with Crippen LogP contribution in [0.1, 0.15) is 21.5 Å². The number of aromatic carboxylic acids is 1. The van der Waals surface area contributed by atoms with Crippen LogP contribution in [0.3, 0.4) is 0 Å². The highest BCUT2D eigenvalue weighted by Crippen LogP contribution is 2.35. The second-order valence-electron chi connectivity index (χ2n) is 3.10. The summed E-state index contributed by atoms with van der Waals surface area (Å²) in [4.78, 5) is 10.8. The molecule has 0 fully saturated rings. The van der Waals surface area contributed by atoms with E-state index in [4.69, 9.17) is 15.6 Å². The van der Waals surface area contributed by atoms with Gasteiger partial charge >= 0.3 is 5.97 Å². The average Bonchev–Trinajstić information content (AvgIpc) is 2.18. The van der Waals surface area contributed by atoms with Gasteiger partial charge in [-0.3, -0.25) is 0 Å². The van der Waals surface area contributed by atoms with E-state index in [2.05, 4.69) is 0 Å². The Kier molecular flexibility index (Phi) is 3.16. The Bertz CT molecular complexity index is 401. The van der Waals surface area contributed by atoms with E-state index in [-0.39, 0.29) is 23.6 Å². The Morgan fingerprint density at radius 2 is 2.20 bits per heavy atom. The predicted molar refractivity (Wildman–Crippen MR) is 54.2 cm³/mol. The van der Waals surface area contributed by atoms with Crippen molar-refractivity contribution in [1.29, 1.82) is 0 Å². The lowest BCUT2D eigenvalue weighted by Gasteiger charge is -2.13. The number of carboxylic acid groups (broad SMARTS) is 1. The fraction of sp³-hybridized carbons (Fsp3) is 0.300. The number of ether oxygens (including phenoxy) is 1. The van der Waals surface area contributed by atoms with E-state index in [9.17, 15) is 9.90 Å². The Morgan fingerprint density at radius 1 is 1.60 bits per heavy atom. The van der Waals surface area contributed by atoms with Crippen molar-refractivity contribution in [3.8, 4) is 11.5 Å². The van der Waals surface area contributed by atoms with Gasteiger partial charge in [0.05, 0.1) is 7.11 Å². The van der Waals surface area contributed by atoms with Crippen LogP contribution < -0.4 is 10.5 Å². The summed E-state index contributed by atoms with van der Waals surface area (Å²) in [5.41, 5.74) is 6.56. The summed E-state index contributed by atoms with van der Waals surface area (Å²) in [6, 6.07) is 1.36. The molecular weight excluding hydrogens is 198 g/mol. The first-order valence-corrected chi connectivity index (χ1v) is 4.35. The van der Waals surface area contributed by atoms with Crippen LogP contribution in [0.2, 0.25) is 0 Å². The Hall–Kier alpha value is -1.75. The number of hydrogen-bond donors (Lipinski definition) is 3. The maximum Gasteiger partial charge on any atom is 0.339 e. The highest BCUT2D eigenvalue weighted by Gasteiger charge is 2.18. The second-order valence-corrected chi connectivity index (χ2v) is 3.10. The van der Waals surface area contributed by atoms with E-state index in [1.165, 1.54) is 13.2 Å². The number of benzene rings is 1. The van der Waals surface area contributed by atoms with Crippen LogP contribution in [0.4, 0.5) is 0 Å². The molecule has 0 aliphatic heterocycles. The molecule has 5 heteroatoms. The number of hydrogen-bond acceptors (Lipinski definition) is 4. The topological polar surface area (TPSA) is 92.8 Å². The summed E-state index contributed by atoms with van der Waals surface area (Å²) in [6.45, 7) is 1.91. The van der Waals surface area contributed by atoms with E-state index >= 15 is 0 Å². The molecule has 4 N–H and O–H groups in total. The van der Waals surface area contributed by atoms with Crippen LogP contribution in [-0.2, 0) is 6.54 Å². The van der Waals surface area contributed by atoms with Gasteiger partial charge in [-0.15, -0.1) is 0 Å². The Morgan fingerprint density at radius 3 is 2.60 bits per heavy atom. The first-order chi connectivity index (χ1) is 7.02. The quantitative estimate of drug-likeness (QED) is 0.689. The highest BCUT2D eigenvalue weighted by atomic mass is 16.5. The molecule has 5 nitrogen and oxygen atoms in total. The third-order valence-electron chi connectivity index (χ3n) is 2.27. The molecule has 0 aromatic heterocycles. The number of methoxy groups -OCH3 is 1. The first-order valence-electron chi connectivity index (χ1n) is 4.35. The van der Waals surface area contributed by atoms with Gasteiger partial charge in [-0.05, 0) is 24.1 Å². The maximum absolute atomic E-state index is 10.8. The van der Waals surface area contributed by atoms with E-state index in [1.807, 2.05) is 0 Å². The van der Waals surface area contributed by atoms with Gasteiger partial charge in [-0.2, -0.15) is 0 Å². The fourth-order valence-electron chi connectivity index (χ4n) is 1.42. The lowest BCUT2D eigenvalue weighted by Crippen LogP contribution is -2.06. The molecule has 0 amide bonds. The van der Waals surface area contributed by atoms with Gasteiger partial charge in [0.25, 0.3) is 0 Å². The zero-order valence-electron chi connectivity index (χ0n) is 8.57. The second kappa shape index (κ2) is 4.18. The van der Waals surface area contributed by atoms with Crippen molar-refractivity contribution in [2.24, 2.45) is 5.73 Å². The van der Waals surface area contributed by atoms with Crippen molar-refractivity contribution >= 4 is 5.97 Å². The van der Waals surface area contributed by atoms with Gasteiger partial charge in [0.1, 0.15) is 5.56 Å². The molecular formula is C10H13NO4. The summed E-state index contributed by atoms with van der Waals surface area (Å²) in [7, 11) is 1.37. The Balaban J connectivity index is 3.51. The van der Waals surface area contributed by atoms with Crippen molar-refractivity contribution in [3.63, 3.8) is 0 Å². The number of phenols is 1. The number of carbonyl (C=O) groups is 1. The van der Waals surface area contributed by atoms with Gasteiger partial charge in [0.2, 0.25) is 0 Å². The van der Waals surface area contributed by atoms with Gasteiger partial charge < -0.3 is 20.7 Å². The van der Waals surface area contributed by atoms with Crippen LogP contribution in [0.25, 0.3) is 0 Å². The lowest BCUT2D eigenvalue weighted by atomic mass is 10.0. The van der Waals surface area contributed by atoms with Gasteiger partial charge in [0.15, 0.2) is 11.5 Å². The summed E-state index contributed by atoms with van der Waals surface area (Å²) < 4.78 is 4.94. The van der Waals surface area contributed by atoms with Crippen LogP contribution in [0, 0.1) is 6.92 Å². The normalized spacial score (nSPS) is 10.1. The molecule has 0 atom stereocenters. The molecule has 0 aliphatic carbocycles. The minimum absolute atomic E-state index is 0.162. The smallest absolute Gasteiger partial charge is 0.339 e. The number of carboxylic acids is 1. The van der Waals surface area contributed by atoms with Gasteiger partial charge in [-0.1, -0.05) is 0 Å².